The van der Waals surface area contributed by atoms with Crippen LogP contribution in [0.4, 0.5) is 18.9 Å². The first-order valence-electron chi connectivity index (χ1n) is 7.14. The number of nitro benzene ring substituents is 1. The van der Waals surface area contributed by atoms with Crippen molar-refractivity contribution < 1.29 is 33.0 Å². The molecule has 0 bridgehead atoms. The fraction of sp³-hybridized carbons (Fsp3) is 0.0667. The number of hydrogen-bond donors (Lipinski definition) is 2. The molecule has 140 valence electrons. The third-order valence-electron chi connectivity index (χ3n) is 3.61. The van der Waals surface area contributed by atoms with Crippen molar-refractivity contribution in [3.8, 4) is 28.4 Å². The number of hydrogen-bond acceptors (Lipinski definition) is 6. The van der Waals surface area contributed by atoms with Crippen molar-refractivity contribution in [3.63, 3.8) is 0 Å². The van der Waals surface area contributed by atoms with Crippen LogP contribution >= 0.6 is 0 Å². The molecule has 2 N–H and O–H groups in total. The average molecular weight is 382 g/mol. The summed E-state index contributed by atoms with van der Waals surface area (Å²) in [6.07, 6.45) is -2.39. The minimum Gasteiger partial charge on any atom is -0.619 e. The number of halogens is 3. The highest BCUT2D eigenvalue weighted by atomic mass is 19.4. The summed E-state index contributed by atoms with van der Waals surface area (Å²) in [6, 6.07) is 3.89. The molecule has 0 atom stereocenters. The van der Waals surface area contributed by atoms with Crippen molar-refractivity contribution in [1.29, 1.82) is 0 Å². The number of aromatic nitrogens is 3. The third kappa shape index (κ3) is 3.31. The second kappa shape index (κ2) is 6.16. The molecule has 2 aromatic heterocycles. The van der Waals surface area contributed by atoms with Gasteiger partial charge in [0, 0.05) is 11.6 Å². The van der Waals surface area contributed by atoms with E-state index in [0.29, 0.717) is 12.3 Å². The summed E-state index contributed by atoms with van der Waals surface area (Å²) in [5.74, 6) is -1.75. The summed E-state index contributed by atoms with van der Waals surface area (Å²) in [5, 5.41) is 45.6. The van der Waals surface area contributed by atoms with Gasteiger partial charge in [0.15, 0.2) is 11.9 Å². The predicted molar refractivity (Wildman–Crippen MR) is 82.9 cm³/mol. The number of aromatic hydroxyl groups is 2. The minimum absolute atomic E-state index is 0.00985. The van der Waals surface area contributed by atoms with E-state index < -0.39 is 33.8 Å². The largest absolute Gasteiger partial charge is 0.619 e. The van der Waals surface area contributed by atoms with Gasteiger partial charge in [-0.2, -0.15) is 23.0 Å². The summed E-state index contributed by atoms with van der Waals surface area (Å²) in [7, 11) is 0. The van der Waals surface area contributed by atoms with Crippen LogP contribution in [0.1, 0.15) is 5.56 Å². The summed E-state index contributed by atoms with van der Waals surface area (Å²) >= 11 is 0. The lowest BCUT2D eigenvalue weighted by atomic mass is 10.1. The average Bonchev–Trinajstić information content (AvgIpc) is 3.05. The first kappa shape index (κ1) is 18.0. The second-order valence-electron chi connectivity index (χ2n) is 5.39. The van der Waals surface area contributed by atoms with Gasteiger partial charge in [0.05, 0.1) is 16.8 Å². The molecule has 0 aliphatic heterocycles. The Morgan fingerprint density at radius 3 is 2.52 bits per heavy atom. The van der Waals surface area contributed by atoms with Crippen LogP contribution in [0.25, 0.3) is 16.9 Å². The lowest BCUT2D eigenvalue weighted by Gasteiger charge is -2.11. The summed E-state index contributed by atoms with van der Waals surface area (Å²) < 4.78 is 39.7. The van der Waals surface area contributed by atoms with Gasteiger partial charge in [0.25, 0.3) is 0 Å². The van der Waals surface area contributed by atoms with Crippen molar-refractivity contribution in [3.05, 3.63) is 63.7 Å². The third-order valence-corrected chi connectivity index (χ3v) is 3.61. The van der Waals surface area contributed by atoms with Crippen molar-refractivity contribution in [2.75, 3.05) is 0 Å². The molecule has 0 amide bonds. The van der Waals surface area contributed by atoms with Gasteiger partial charge >= 0.3 is 11.9 Å². The maximum absolute atomic E-state index is 12.9. The highest BCUT2D eigenvalue weighted by Crippen LogP contribution is 2.39. The topological polar surface area (TPSA) is 128 Å². The van der Waals surface area contributed by atoms with E-state index in [4.69, 9.17) is 0 Å². The second-order valence-corrected chi connectivity index (χ2v) is 5.39. The summed E-state index contributed by atoms with van der Waals surface area (Å²) in [4.78, 5) is 10.1. The monoisotopic (exact) mass is 382 g/mol. The van der Waals surface area contributed by atoms with Gasteiger partial charge in [-0.05, 0) is 18.2 Å². The molecular formula is C15H9F3N4O5. The molecule has 0 saturated heterocycles. The SMILES string of the molecule is O=[N+]([O-])c1cc(-c2ccnn2-c2cc(C(F)(F)F)c[n+]([O-])c2)cc(O)c1O. The van der Waals surface area contributed by atoms with Crippen LogP contribution in [0.2, 0.25) is 0 Å². The lowest BCUT2D eigenvalue weighted by Crippen LogP contribution is -2.28. The van der Waals surface area contributed by atoms with Crippen LogP contribution < -0.4 is 4.73 Å². The number of benzene rings is 1. The van der Waals surface area contributed by atoms with Crippen molar-refractivity contribution in [2.45, 2.75) is 6.18 Å². The van der Waals surface area contributed by atoms with Gasteiger partial charge in [0.2, 0.25) is 11.9 Å². The number of alkyl halides is 3. The van der Waals surface area contributed by atoms with E-state index in [2.05, 4.69) is 5.10 Å². The zero-order chi connectivity index (χ0) is 19.9. The maximum Gasteiger partial charge on any atom is 0.422 e. The quantitative estimate of drug-likeness (QED) is 0.235. The smallest absolute Gasteiger partial charge is 0.422 e. The van der Waals surface area contributed by atoms with Gasteiger partial charge in [-0.3, -0.25) is 10.1 Å². The highest BCUT2D eigenvalue weighted by Gasteiger charge is 2.34. The van der Waals surface area contributed by atoms with E-state index >= 15 is 0 Å². The number of nitrogens with zero attached hydrogens (tertiary/aromatic N) is 4. The predicted octanol–water partition coefficient (Wildman–Crippen LogP) is 2.51. The standard InChI is InChI=1S/C15H9F3N4O5/c16-15(17,18)9-5-10(7-20(25)6-9)21-11(1-2-19-21)8-3-12(22(26)27)14(24)13(23)4-8/h1-7,23-24H. The van der Waals surface area contributed by atoms with E-state index in [-0.39, 0.29) is 21.7 Å². The van der Waals surface area contributed by atoms with E-state index in [1.165, 1.54) is 12.3 Å². The minimum atomic E-state index is -4.77. The van der Waals surface area contributed by atoms with Crippen LogP contribution in [0.3, 0.4) is 0 Å². The van der Waals surface area contributed by atoms with Gasteiger partial charge in [-0.15, -0.1) is 0 Å². The van der Waals surface area contributed by atoms with Gasteiger partial charge in [-0.25, -0.2) is 4.68 Å². The molecule has 27 heavy (non-hydrogen) atoms. The Kier molecular flexibility index (Phi) is 4.10. The number of rotatable bonds is 3. The molecular weight excluding hydrogens is 373 g/mol. The van der Waals surface area contributed by atoms with Crippen LogP contribution in [0.15, 0.2) is 42.9 Å². The number of pyridine rings is 1. The zero-order valence-corrected chi connectivity index (χ0v) is 13.1. The Hall–Kier alpha value is -3.83. The molecule has 3 rings (SSSR count). The van der Waals surface area contributed by atoms with Crippen molar-refractivity contribution in [1.82, 2.24) is 9.78 Å². The van der Waals surface area contributed by atoms with Gasteiger partial charge in [0.1, 0.15) is 11.3 Å². The van der Waals surface area contributed by atoms with E-state index in [1.54, 1.807) is 0 Å². The molecule has 0 fully saturated rings. The van der Waals surface area contributed by atoms with Gasteiger partial charge in [-0.1, -0.05) is 0 Å². The van der Waals surface area contributed by atoms with Crippen molar-refractivity contribution >= 4 is 5.69 Å². The Labute approximate surface area is 147 Å². The molecule has 0 unspecified atom stereocenters. The van der Waals surface area contributed by atoms with Gasteiger partial charge < -0.3 is 15.4 Å². The fourth-order valence-corrected chi connectivity index (χ4v) is 2.43. The number of phenolic OH excluding ortho intramolecular Hbond substituents is 2. The molecule has 9 nitrogen and oxygen atoms in total. The maximum atomic E-state index is 12.9. The van der Waals surface area contributed by atoms with Crippen LogP contribution in [0.5, 0.6) is 11.5 Å². The molecule has 0 saturated carbocycles. The molecule has 0 aliphatic rings. The number of nitro groups is 1. The Bertz CT molecular complexity index is 1050. The molecule has 0 spiro atoms. The Morgan fingerprint density at radius 1 is 1.19 bits per heavy atom. The fourth-order valence-electron chi connectivity index (χ4n) is 2.43. The van der Waals surface area contributed by atoms with E-state index in [0.717, 1.165) is 23.0 Å². The van der Waals surface area contributed by atoms with Crippen LogP contribution in [0, 0.1) is 15.3 Å². The number of phenols is 2. The highest BCUT2D eigenvalue weighted by molar-refractivity contribution is 5.71. The molecule has 1 aromatic carbocycles. The van der Waals surface area contributed by atoms with E-state index in [1.807, 2.05) is 0 Å². The lowest BCUT2D eigenvalue weighted by molar-refractivity contribution is -0.606. The first-order valence-corrected chi connectivity index (χ1v) is 7.14. The molecule has 0 radical (unpaired) electrons. The molecule has 3 aromatic rings. The van der Waals surface area contributed by atoms with Crippen LogP contribution in [-0.4, -0.2) is 24.9 Å². The summed E-state index contributed by atoms with van der Waals surface area (Å²) in [6.45, 7) is 0. The van der Waals surface area contributed by atoms with Crippen molar-refractivity contribution in [2.24, 2.45) is 0 Å². The first-order chi connectivity index (χ1) is 12.6. The normalized spacial score (nSPS) is 11.5. The van der Waals surface area contributed by atoms with E-state index in [9.17, 15) is 38.7 Å². The molecule has 2 heterocycles. The van der Waals surface area contributed by atoms with Crippen LogP contribution in [-0.2, 0) is 6.18 Å². The Morgan fingerprint density at radius 2 is 1.89 bits per heavy atom. The molecule has 12 heteroatoms. The molecule has 0 aliphatic carbocycles. The zero-order valence-electron chi connectivity index (χ0n) is 13.1. The summed E-state index contributed by atoms with van der Waals surface area (Å²) in [5.41, 5.74) is -2.23. The Balaban J connectivity index is 2.19.